The third kappa shape index (κ3) is 19.1. The van der Waals surface area contributed by atoms with Crippen LogP contribution in [0.2, 0.25) is 0 Å². The predicted molar refractivity (Wildman–Crippen MR) is 209 cm³/mol. The van der Waals surface area contributed by atoms with E-state index < -0.39 is 64.5 Å². The second-order valence-electron chi connectivity index (χ2n) is 18.2. The molecule has 4 atom stereocenters. The lowest BCUT2D eigenvalue weighted by Crippen LogP contribution is -2.57. The maximum Gasteiger partial charge on any atom is 0.324 e. The first kappa shape index (κ1) is 49.2. The molecular formula is C39H74N6O9. The van der Waals surface area contributed by atoms with E-state index >= 15 is 0 Å². The fraction of sp³-hybridized carbons (Fsp3) is 0.872. The minimum atomic E-state index is -0.981. The number of nitrogens with zero attached hydrogens (tertiary/aromatic N) is 4. The number of nitrogens with one attached hydrogen (secondary N) is 1. The number of nitrogens with two attached hydrogens (primary N) is 1. The van der Waals surface area contributed by atoms with Crippen molar-refractivity contribution < 1.29 is 42.9 Å². The van der Waals surface area contributed by atoms with Crippen LogP contribution in [-0.4, -0.2) is 161 Å². The van der Waals surface area contributed by atoms with E-state index in [-0.39, 0.29) is 44.5 Å². The molecular weight excluding hydrogens is 696 g/mol. The van der Waals surface area contributed by atoms with E-state index in [9.17, 15) is 24.0 Å². The standard InChI is InChI=1S/C39H74N6O9/c1-27(32(47)51-36(4,5)6)42-18-20-43(28(2)33(48)52-37(7,8)9)22-24-45(25-23-44(21-19-42)29(3)34(49)53-38(10,11)12)30(26-31(46)41-17-16-40)35(50)54-39(13,14)15/h27-30H,16-26,40H2,1-15H3,(H,41,46)/t27-,28-,29+,30?/m1/s1. The molecule has 0 radical (unpaired) electrons. The number of ether oxygens (including phenoxy) is 4. The zero-order valence-electron chi connectivity index (χ0n) is 36.1. The Morgan fingerprint density at radius 1 is 0.500 bits per heavy atom. The summed E-state index contributed by atoms with van der Waals surface area (Å²) >= 11 is 0. The average Bonchev–Trinajstić information content (AvgIpc) is 2.98. The monoisotopic (exact) mass is 771 g/mol. The van der Waals surface area contributed by atoms with Crippen LogP contribution in [0.25, 0.3) is 0 Å². The molecule has 15 heteroatoms. The normalized spacial score (nSPS) is 19.3. The molecule has 0 saturated carbocycles. The topological polar surface area (TPSA) is 173 Å². The van der Waals surface area contributed by atoms with Crippen LogP contribution < -0.4 is 11.1 Å². The number of hydrogen-bond donors (Lipinski definition) is 2. The number of esters is 4. The van der Waals surface area contributed by atoms with Gasteiger partial charge in [0.25, 0.3) is 0 Å². The van der Waals surface area contributed by atoms with Gasteiger partial charge in [-0.3, -0.25) is 43.6 Å². The Morgan fingerprint density at radius 3 is 1.02 bits per heavy atom. The van der Waals surface area contributed by atoms with Crippen LogP contribution in [0.1, 0.15) is 110 Å². The molecule has 1 aliphatic rings. The van der Waals surface area contributed by atoms with Gasteiger partial charge in [0, 0.05) is 65.4 Å². The molecule has 0 spiro atoms. The van der Waals surface area contributed by atoms with Gasteiger partial charge in [-0.1, -0.05) is 0 Å². The minimum absolute atomic E-state index is 0.181. The van der Waals surface area contributed by atoms with Crippen molar-refractivity contribution in [2.45, 2.75) is 157 Å². The summed E-state index contributed by atoms with van der Waals surface area (Å²) in [5, 5.41) is 2.77. The minimum Gasteiger partial charge on any atom is -0.459 e. The van der Waals surface area contributed by atoms with Crippen LogP contribution in [0, 0.1) is 0 Å². The van der Waals surface area contributed by atoms with Crippen molar-refractivity contribution in [3.05, 3.63) is 0 Å². The van der Waals surface area contributed by atoms with Crippen LogP contribution >= 0.6 is 0 Å². The number of amides is 1. The lowest BCUT2D eigenvalue weighted by Gasteiger charge is -2.40. The van der Waals surface area contributed by atoms with Gasteiger partial charge in [0.15, 0.2) is 0 Å². The zero-order valence-corrected chi connectivity index (χ0v) is 36.1. The molecule has 0 aromatic carbocycles. The maximum absolute atomic E-state index is 13.9. The molecule has 3 N–H and O–H groups in total. The molecule has 15 nitrogen and oxygen atoms in total. The highest BCUT2D eigenvalue weighted by molar-refractivity contribution is 5.85. The Balaban J connectivity index is 3.78. The van der Waals surface area contributed by atoms with E-state index in [1.165, 1.54) is 0 Å². The summed E-state index contributed by atoms with van der Waals surface area (Å²) in [5.74, 6) is -2.11. The van der Waals surface area contributed by atoms with Gasteiger partial charge in [0.1, 0.15) is 46.6 Å². The predicted octanol–water partition coefficient (Wildman–Crippen LogP) is 2.57. The molecule has 1 unspecified atom stereocenters. The van der Waals surface area contributed by atoms with E-state index in [1.807, 2.05) is 81.9 Å². The number of hydrogen-bond acceptors (Lipinski definition) is 14. The first-order valence-corrected chi connectivity index (χ1v) is 19.4. The van der Waals surface area contributed by atoms with Crippen LogP contribution in [0.15, 0.2) is 0 Å². The van der Waals surface area contributed by atoms with Gasteiger partial charge in [-0.25, -0.2) is 0 Å². The molecule has 54 heavy (non-hydrogen) atoms. The van der Waals surface area contributed by atoms with E-state index in [0.717, 1.165) is 0 Å². The zero-order chi connectivity index (χ0) is 41.8. The van der Waals surface area contributed by atoms with Crippen molar-refractivity contribution >= 4 is 29.8 Å². The third-order valence-corrected chi connectivity index (χ3v) is 8.55. The number of carbonyl (C=O) groups excluding carboxylic acids is 5. The van der Waals surface area contributed by atoms with E-state index in [2.05, 4.69) is 5.32 Å². The number of rotatable bonds is 12. The molecule has 1 amide bonds. The van der Waals surface area contributed by atoms with Crippen LogP contribution in [0.5, 0.6) is 0 Å². The Bertz CT molecular complexity index is 1180. The molecule has 314 valence electrons. The van der Waals surface area contributed by atoms with Crippen molar-refractivity contribution in [3.8, 4) is 0 Å². The highest BCUT2D eigenvalue weighted by atomic mass is 16.6. The second kappa shape index (κ2) is 20.9. The largest absolute Gasteiger partial charge is 0.459 e. The molecule has 1 fully saturated rings. The van der Waals surface area contributed by atoms with Gasteiger partial charge in [0.05, 0.1) is 6.42 Å². The molecule has 1 heterocycles. The van der Waals surface area contributed by atoms with E-state index in [1.54, 1.807) is 41.5 Å². The fourth-order valence-corrected chi connectivity index (χ4v) is 5.75. The van der Waals surface area contributed by atoms with Crippen molar-refractivity contribution in [2.75, 3.05) is 65.4 Å². The summed E-state index contributed by atoms with van der Waals surface area (Å²) in [5.41, 5.74) is 2.70. The number of carbonyl (C=O) groups is 5. The first-order chi connectivity index (χ1) is 24.5. The average molecular weight is 771 g/mol. The Labute approximate surface area is 325 Å². The Hall–Kier alpha value is -2.85. The van der Waals surface area contributed by atoms with Gasteiger partial charge >= 0.3 is 23.9 Å². The maximum atomic E-state index is 13.9. The van der Waals surface area contributed by atoms with Crippen LogP contribution in [0.3, 0.4) is 0 Å². The van der Waals surface area contributed by atoms with E-state index in [4.69, 9.17) is 24.7 Å². The highest BCUT2D eigenvalue weighted by Gasteiger charge is 2.37. The highest BCUT2D eigenvalue weighted by Crippen LogP contribution is 2.19. The second-order valence-corrected chi connectivity index (χ2v) is 18.2. The molecule has 1 saturated heterocycles. The van der Waals surface area contributed by atoms with Gasteiger partial charge in [0.2, 0.25) is 5.91 Å². The van der Waals surface area contributed by atoms with Crippen LogP contribution in [0.4, 0.5) is 0 Å². The third-order valence-electron chi connectivity index (χ3n) is 8.55. The van der Waals surface area contributed by atoms with Gasteiger partial charge < -0.3 is 30.0 Å². The van der Waals surface area contributed by atoms with Crippen molar-refractivity contribution in [3.63, 3.8) is 0 Å². The molecule has 0 aliphatic carbocycles. The van der Waals surface area contributed by atoms with Gasteiger partial charge in [-0.05, 0) is 104 Å². The summed E-state index contributed by atoms with van der Waals surface area (Å²) in [6.07, 6.45) is -0.181. The molecule has 0 aromatic heterocycles. The summed E-state index contributed by atoms with van der Waals surface area (Å²) in [6, 6.07) is -2.97. The lowest BCUT2D eigenvalue weighted by atomic mass is 10.1. The smallest absolute Gasteiger partial charge is 0.324 e. The van der Waals surface area contributed by atoms with Gasteiger partial charge in [-0.15, -0.1) is 0 Å². The molecule has 0 bridgehead atoms. The molecule has 0 aromatic rings. The SMILES string of the molecule is C[C@H](C(=O)OC(C)(C)C)N1CCN(C(CC(=O)NCCN)C(=O)OC(C)(C)C)CCN([C@@H](C)C(=O)OC(C)(C)C)CCN([C@H](C)C(=O)OC(C)(C)C)CC1. The Kier molecular flexibility index (Phi) is 19.0. The summed E-state index contributed by atoms with van der Waals surface area (Å²) in [7, 11) is 0. The van der Waals surface area contributed by atoms with Gasteiger partial charge in [-0.2, -0.15) is 0 Å². The summed E-state index contributed by atoms with van der Waals surface area (Å²) in [6.45, 7) is 30.1. The first-order valence-electron chi connectivity index (χ1n) is 19.4. The van der Waals surface area contributed by atoms with Crippen molar-refractivity contribution in [2.24, 2.45) is 5.73 Å². The van der Waals surface area contributed by atoms with Crippen molar-refractivity contribution in [1.29, 1.82) is 0 Å². The molecule has 1 aliphatic heterocycles. The summed E-state index contributed by atoms with van der Waals surface area (Å²) in [4.78, 5) is 75.2. The van der Waals surface area contributed by atoms with E-state index in [0.29, 0.717) is 39.3 Å². The molecule has 1 rings (SSSR count). The van der Waals surface area contributed by atoms with Crippen LogP contribution in [-0.2, 0) is 42.9 Å². The quantitative estimate of drug-likeness (QED) is 0.219. The Morgan fingerprint density at radius 2 is 0.759 bits per heavy atom. The lowest BCUT2D eigenvalue weighted by molar-refractivity contribution is -0.166. The van der Waals surface area contributed by atoms with Crippen molar-refractivity contribution in [1.82, 2.24) is 24.9 Å². The fourth-order valence-electron chi connectivity index (χ4n) is 5.75. The summed E-state index contributed by atoms with van der Waals surface area (Å²) < 4.78 is 23.2.